The molecule has 160 valence electrons. The number of carbonyl (C=O) groups is 1. The van der Waals surface area contributed by atoms with Crippen LogP contribution in [0.3, 0.4) is 0 Å². The molecule has 1 aliphatic carbocycles. The van der Waals surface area contributed by atoms with Gasteiger partial charge in [0.25, 0.3) is 0 Å². The van der Waals surface area contributed by atoms with Crippen molar-refractivity contribution >= 4 is 28.3 Å². The maximum Gasteiger partial charge on any atom is 0.223 e. The van der Waals surface area contributed by atoms with E-state index in [9.17, 15) is 13.2 Å². The summed E-state index contributed by atoms with van der Waals surface area (Å²) in [6.07, 6.45) is 6.10. The van der Waals surface area contributed by atoms with Gasteiger partial charge < -0.3 is 15.4 Å². The summed E-state index contributed by atoms with van der Waals surface area (Å²) in [6, 6.07) is 0. The van der Waals surface area contributed by atoms with Crippen molar-refractivity contribution in [1.82, 2.24) is 9.21 Å². The Morgan fingerprint density at radius 1 is 1.11 bits per heavy atom. The molecule has 2 fully saturated rings. The molecule has 1 amide bonds. The first kappa shape index (κ1) is 24.6. The van der Waals surface area contributed by atoms with E-state index in [4.69, 9.17) is 10.5 Å². The van der Waals surface area contributed by atoms with Gasteiger partial charge in [-0.3, -0.25) is 4.79 Å². The van der Waals surface area contributed by atoms with Gasteiger partial charge >= 0.3 is 0 Å². The lowest BCUT2D eigenvalue weighted by Crippen LogP contribution is -2.52. The SMILES string of the molecule is CC(C)OCCS(=O)(=O)N1CCN(C(=O)CC2(CN)CCCCC2)CC1.Cl. The number of halogens is 1. The van der Waals surface area contributed by atoms with Crippen molar-refractivity contribution in [1.29, 1.82) is 0 Å². The maximum absolute atomic E-state index is 12.7. The zero-order chi connectivity index (χ0) is 19.2. The molecule has 0 atom stereocenters. The average molecular weight is 426 g/mol. The van der Waals surface area contributed by atoms with Crippen LogP contribution in [0, 0.1) is 5.41 Å². The van der Waals surface area contributed by atoms with Gasteiger partial charge in [-0.05, 0) is 38.6 Å². The molecule has 0 unspecified atom stereocenters. The molecule has 1 saturated heterocycles. The highest BCUT2D eigenvalue weighted by molar-refractivity contribution is 7.89. The van der Waals surface area contributed by atoms with Gasteiger partial charge in [0.15, 0.2) is 0 Å². The lowest BCUT2D eigenvalue weighted by Gasteiger charge is -2.39. The number of nitrogens with zero attached hydrogens (tertiary/aromatic N) is 2. The number of amides is 1. The van der Waals surface area contributed by atoms with Crippen LogP contribution in [0.15, 0.2) is 0 Å². The summed E-state index contributed by atoms with van der Waals surface area (Å²) in [5.74, 6) is 0.118. The molecule has 0 aromatic heterocycles. The summed E-state index contributed by atoms with van der Waals surface area (Å²) in [5.41, 5.74) is 5.94. The van der Waals surface area contributed by atoms with E-state index in [1.807, 2.05) is 18.7 Å². The van der Waals surface area contributed by atoms with E-state index in [-0.39, 0.29) is 42.2 Å². The van der Waals surface area contributed by atoms with Crippen LogP contribution in [0.5, 0.6) is 0 Å². The number of carbonyl (C=O) groups excluding carboxylic acids is 1. The van der Waals surface area contributed by atoms with E-state index in [1.54, 1.807) is 0 Å². The molecule has 7 nitrogen and oxygen atoms in total. The van der Waals surface area contributed by atoms with Gasteiger partial charge in [0.2, 0.25) is 15.9 Å². The molecule has 2 N–H and O–H groups in total. The fraction of sp³-hybridized carbons (Fsp3) is 0.944. The largest absolute Gasteiger partial charge is 0.378 e. The first-order chi connectivity index (χ1) is 12.3. The van der Waals surface area contributed by atoms with Crippen LogP contribution in [0.2, 0.25) is 0 Å². The van der Waals surface area contributed by atoms with Crippen LogP contribution in [0.25, 0.3) is 0 Å². The normalized spacial score (nSPS) is 21.1. The third-order valence-corrected chi connectivity index (χ3v) is 7.49. The molecular weight excluding hydrogens is 390 g/mol. The predicted octanol–water partition coefficient (Wildman–Crippen LogP) is 1.61. The van der Waals surface area contributed by atoms with E-state index >= 15 is 0 Å². The van der Waals surface area contributed by atoms with Crippen molar-refractivity contribution < 1.29 is 17.9 Å². The van der Waals surface area contributed by atoms with Crippen LogP contribution in [0.1, 0.15) is 52.4 Å². The molecule has 0 spiro atoms. The summed E-state index contributed by atoms with van der Waals surface area (Å²) >= 11 is 0. The maximum atomic E-state index is 12.7. The average Bonchev–Trinajstić information content (AvgIpc) is 2.62. The third kappa shape index (κ3) is 7.16. The molecule has 2 aliphatic rings. The highest BCUT2D eigenvalue weighted by Crippen LogP contribution is 2.38. The Hall–Kier alpha value is -0.410. The van der Waals surface area contributed by atoms with Crippen LogP contribution in [0.4, 0.5) is 0 Å². The first-order valence-electron chi connectivity index (χ1n) is 9.85. The Bertz CT molecular complexity index is 557. The van der Waals surface area contributed by atoms with Crippen LogP contribution >= 0.6 is 12.4 Å². The third-order valence-electron chi connectivity index (χ3n) is 5.65. The van der Waals surface area contributed by atoms with Crippen molar-refractivity contribution in [2.24, 2.45) is 11.1 Å². The van der Waals surface area contributed by atoms with Gasteiger partial charge in [0.05, 0.1) is 18.5 Å². The Morgan fingerprint density at radius 2 is 1.70 bits per heavy atom. The summed E-state index contributed by atoms with van der Waals surface area (Å²) in [6.45, 7) is 6.19. The molecular formula is C18H36ClN3O4S. The Balaban J connectivity index is 0.00000364. The Morgan fingerprint density at radius 3 is 2.22 bits per heavy atom. The monoisotopic (exact) mass is 425 g/mol. The lowest BCUT2D eigenvalue weighted by atomic mass is 9.71. The summed E-state index contributed by atoms with van der Waals surface area (Å²) in [5, 5.41) is 0. The second-order valence-corrected chi connectivity index (χ2v) is 10.0. The second-order valence-electron chi connectivity index (χ2n) is 7.96. The number of rotatable bonds is 8. The van der Waals surface area contributed by atoms with Crippen molar-refractivity contribution in [3.63, 3.8) is 0 Å². The number of piperazine rings is 1. The fourth-order valence-corrected chi connectivity index (χ4v) is 5.21. The smallest absolute Gasteiger partial charge is 0.223 e. The summed E-state index contributed by atoms with van der Waals surface area (Å²) in [4.78, 5) is 14.5. The molecule has 27 heavy (non-hydrogen) atoms. The predicted molar refractivity (Wildman–Crippen MR) is 109 cm³/mol. The lowest BCUT2D eigenvalue weighted by molar-refractivity contribution is -0.135. The minimum absolute atomic E-state index is 0. The van der Waals surface area contributed by atoms with E-state index in [0.717, 1.165) is 25.7 Å². The Labute approximate surface area is 170 Å². The fourth-order valence-electron chi connectivity index (χ4n) is 3.92. The number of nitrogens with two attached hydrogens (primary N) is 1. The standard InChI is InChI=1S/C18H35N3O4S.ClH/c1-16(2)25-12-13-26(23,24)21-10-8-20(9-11-21)17(22)14-18(15-19)6-4-3-5-7-18;/h16H,3-15,19H2,1-2H3;1H. The molecule has 0 bridgehead atoms. The number of hydrogen-bond acceptors (Lipinski definition) is 5. The van der Waals surface area contributed by atoms with Crippen molar-refractivity contribution in [2.75, 3.05) is 45.1 Å². The van der Waals surface area contributed by atoms with Gasteiger partial charge in [0.1, 0.15) is 0 Å². The molecule has 1 aliphatic heterocycles. The zero-order valence-corrected chi connectivity index (χ0v) is 18.3. The second kappa shape index (κ2) is 11.0. The first-order valence-corrected chi connectivity index (χ1v) is 11.5. The molecule has 0 aromatic carbocycles. The number of sulfonamides is 1. The molecule has 1 saturated carbocycles. The Kier molecular flexibility index (Phi) is 9.99. The van der Waals surface area contributed by atoms with Crippen molar-refractivity contribution in [2.45, 2.75) is 58.5 Å². The van der Waals surface area contributed by atoms with Crippen LogP contribution in [-0.4, -0.2) is 74.7 Å². The van der Waals surface area contributed by atoms with Crippen molar-refractivity contribution in [3.05, 3.63) is 0 Å². The van der Waals surface area contributed by atoms with E-state index in [0.29, 0.717) is 39.1 Å². The van der Waals surface area contributed by atoms with E-state index < -0.39 is 10.0 Å². The molecule has 0 radical (unpaired) electrons. The van der Waals surface area contributed by atoms with Crippen LogP contribution < -0.4 is 5.73 Å². The zero-order valence-electron chi connectivity index (χ0n) is 16.7. The van der Waals surface area contributed by atoms with E-state index in [2.05, 4.69) is 0 Å². The molecule has 1 heterocycles. The van der Waals surface area contributed by atoms with E-state index in [1.165, 1.54) is 10.7 Å². The minimum atomic E-state index is -3.32. The number of hydrogen-bond donors (Lipinski definition) is 1. The molecule has 9 heteroatoms. The topological polar surface area (TPSA) is 92.9 Å². The van der Waals surface area contributed by atoms with Crippen molar-refractivity contribution in [3.8, 4) is 0 Å². The number of ether oxygens (including phenoxy) is 1. The van der Waals surface area contributed by atoms with Gasteiger partial charge in [-0.25, -0.2) is 8.42 Å². The van der Waals surface area contributed by atoms with Gasteiger partial charge in [0, 0.05) is 32.6 Å². The van der Waals surface area contributed by atoms with Crippen LogP contribution in [-0.2, 0) is 19.6 Å². The molecule has 2 rings (SSSR count). The summed E-state index contributed by atoms with van der Waals surface area (Å²) < 4.78 is 31.6. The van der Waals surface area contributed by atoms with Gasteiger partial charge in [-0.2, -0.15) is 4.31 Å². The quantitative estimate of drug-likeness (QED) is 0.637. The minimum Gasteiger partial charge on any atom is -0.378 e. The highest BCUT2D eigenvalue weighted by Gasteiger charge is 2.36. The van der Waals surface area contributed by atoms with Gasteiger partial charge in [-0.15, -0.1) is 12.4 Å². The molecule has 0 aromatic rings. The highest BCUT2D eigenvalue weighted by atomic mass is 35.5. The summed E-state index contributed by atoms with van der Waals surface area (Å²) in [7, 11) is -3.32. The van der Waals surface area contributed by atoms with Gasteiger partial charge in [-0.1, -0.05) is 19.3 Å².